The summed E-state index contributed by atoms with van der Waals surface area (Å²) in [5.41, 5.74) is -0.0725. The van der Waals surface area contributed by atoms with Crippen molar-refractivity contribution in [3.05, 3.63) is 36.2 Å². The number of nitrogens with zero attached hydrogens (tertiary/aromatic N) is 3. The van der Waals surface area contributed by atoms with Crippen LogP contribution in [0.5, 0.6) is 5.88 Å². The summed E-state index contributed by atoms with van der Waals surface area (Å²) >= 11 is 0. The Labute approximate surface area is 122 Å². The Morgan fingerprint density at radius 2 is 2.18 bits per heavy atom. The number of rotatable bonds is 4. The Balaban J connectivity index is 1.77. The minimum absolute atomic E-state index is 0.00116. The van der Waals surface area contributed by atoms with E-state index in [1.807, 2.05) is 0 Å². The average Bonchev–Trinajstić information content (AvgIpc) is 3.08. The van der Waals surface area contributed by atoms with Crippen LogP contribution in [0.1, 0.15) is 16.8 Å². The first-order valence-electron chi connectivity index (χ1n) is 6.34. The van der Waals surface area contributed by atoms with Gasteiger partial charge in [-0.05, 0) is 18.6 Å². The first-order chi connectivity index (χ1) is 10.4. The summed E-state index contributed by atoms with van der Waals surface area (Å²) in [5, 5.41) is 13.0. The van der Waals surface area contributed by atoms with Crippen LogP contribution >= 0.6 is 0 Å². The van der Waals surface area contributed by atoms with Crippen molar-refractivity contribution >= 4 is 5.97 Å². The maximum absolute atomic E-state index is 12.4. The molecule has 1 fully saturated rings. The molecule has 0 aromatic carbocycles. The fourth-order valence-electron chi connectivity index (χ4n) is 2.04. The second-order valence-corrected chi connectivity index (χ2v) is 4.82. The van der Waals surface area contributed by atoms with E-state index in [2.05, 4.69) is 10.1 Å². The van der Waals surface area contributed by atoms with Crippen molar-refractivity contribution in [2.75, 3.05) is 0 Å². The number of halogens is 3. The highest BCUT2D eigenvalue weighted by Gasteiger charge is 2.57. The molecule has 0 amide bonds. The molecule has 1 aliphatic carbocycles. The van der Waals surface area contributed by atoms with E-state index in [9.17, 15) is 18.0 Å². The van der Waals surface area contributed by atoms with Gasteiger partial charge >= 0.3 is 12.1 Å². The van der Waals surface area contributed by atoms with E-state index in [4.69, 9.17) is 9.84 Å². The highest BCUT2D eigenvalue weighted by Crippen LogP contribution is 2.46. The van der Waals surface area contributed by atoms with Gasteiger partial charge in [0.15, 0.2) is 5.82 Å². The summed E-state index contributed by atoms with van der Waals surface area (Å²) in [4.78, 5) is 15.0. The summed E-state index contributed by atoms with van der Waals surface area (Å²) in [5.74, 6) is -2.59. The standard InChI is InChI=1S/C13H10F3N3O3/c14-13(15,16)8-6-9(8)22-10-3-5-19(18-10)11-7(12(20)21)2-1-4-17-11/h1-5,8-9H,6H2,(H,20,21)/t8-,9+/m0/s1. The van der Waals surface area contributed by atoms with Crippen LogP contribution in [-0.2, 0) is 0 Å². The lowest BCUT2D eigenvalue weighted by Crippen LogP contribution is -2.16. The third-order valence-electron chi connectivity index (χ3n) is 3.22. The molecule has 2 atom stereocenters. The topological polar surface area (TPSA) is 77.2 Å². The van der Waals surface area contributed by atoms with Gasteiger partial charge in [0.05, 0.1) is 5.92 Å². The van der Waals surface area contributed by atoms with Gasteiger partial charge in [-0.2, -0.15) is 13.2 Å². The molecule has 0 radical (unpaired) electrons. The van der Waals surface area contributed by atoms with Gasteiger partial charge in [0.1, 0.15) is 11.7 Å². The normalized spacial score (nSPS) is 20.7. The second-order valence-electron chi connectivity index (χ2n) is 4.82. The van der Waals surface area contributed by atoms with Crippen molar-refractivity contribution in [2.45, 2.75) is 18.7 Å². The van der Waals surface area contributed by atoms with Crippen LogP contribution in [-0.4, -0.2) is 38.1 Å². The monoisotopic (exact) mass is 313 g/mol. The summed E-state index contributed by atoms with van der Waals surface area (Å²) in [6.45, 7) is 0. The van der Waals surface area contributed by atoms with Crippen molar-refractivity contribution in [1.82, 2.24) is 14.8 Å². The third-order valence-corrected chi connectivity index (χ3v) is 3.22. The number of ether oxygens (including phenoxy) is 1. The number of carboxylic acids is 1. The van der Waals surface area contributed by atoms with Gasteiger partial charge in [0.2, 0.25) is 5.88 Å². The van der Waals surface area contributed by atoms with Gasteiger partial charge in [-0.1, -0.05) is 0 Å². The molecule has 22 heavy (non-hydrogen) atoms. The fraction of sp³-hybridized carbons (Fsp3) is 0.308. The number of carboxylic acid groups (broad SMARTS) is 1. The minimum atomic E-state index is -4.27. The van der Waals surface area contributed by atoms with E-state index >= 15 is 0 Å². The third kappa shape index (κ3) is 2.74. The summed E-state index contributed by atoms with van der Waals surface area (Å²) in [6, 6.07) is 4.19. The SMILES string of the molecule is O=C(O)c1cccnc1-n1ccc(O[C@@H]2C[C@@H]2C(F)(F)F)n1. The van der Waals surface area contributed by atoms with Gasteiger partial charge in [-0.25, -0.2) is 14.5 Å². The van der Waals surface area contributed by atoms with Gasteiger partial charge in [-0.15, -0.1) is 5.10 Å². The van der Waals surface area contributed by atoms with Crippen LogP contribution in [0.4, 0.5) is 13.2 Å². The van der Waals surface area contributed by atoms with Gasteiger partial charge in [0, 0.05) is 18.5 Å². The van der Waals surface area contributed by atoms with Gasteiger partial charge in [-0.3, -0.25) is 0 Å². The first kappa shape index (κ1) is 14.4. The van der Waals surface area contributed by atoms with Crippen LogP contribution in [0.2, 0.25) is 0 Å². The predicted molar refractivity (Wildman–Crippen MR) is 66.9 cm³/mol. The number of carbonyl (C=O) groups is 1. The molecule has 0 bridgehead atoms. The minimum Gasteiger partial charge on any atom is -0.478 e. The van der Waals surface area contributed by atoms with E-state index in [1.54, 1.807) is 0 Å². The molecule has 0 spiro atoms. The Kier molecular flexibility index (Phi) is 3.27. The highest BCUT2D eigenvalue weighted by atomic mass is 19.4. The molecule has 116 valence electrons. The first-order valence-corrected chi connectivity index (χ1v) is 6.34. The van der Waals surface area contributed by atoms with Crippen LogP contribution in [0.3, 0.4) is 0 Å². The Morgan fingerprint density at radius 3 is 2.82 bits per heavy atom. The number of alkyl halides is 3. The Bertz CT molecular complexity index is 714. The van der Waals surface area contributed by atoms with Crippen molar-refractivity contribution in [3.63, 3.8) is 0 Å². The number of pyridine rings is 1. The van der Waals surface area contributed by atoms with Gasteiger partial charge < -0.3 is 9.84 Å². The molecule has 1 N–H and O–H groups in total. The molecular weight excluding hydrogens is 303 g/mol. The molecule has 1 saturated carbocycles. The molecular formula is C13H10F3N3O3. The molecule has 0 unspecified atom stereocenters. The summed E-state index contributed by atoms with van der Waals surface area (Å²) < 4.78 is 43.6. The van der Waals surface area contributed by atoms with E-state index in [0.717, 1.165) is 4.68 Å². The molecule has 3 rings (SSSR count). The maximum atomic E-state index is 12.4. The molecule has 2 aromatic rings. The number of aromatic carboxylic acids is 1. The zero-order chi connectivity index (χ0) is 15.9. The number of hydrogen-bond donors (Lipinski definition) is 1. The van der Waals surface area contributed by atoms with Crippen LogP contribution in [0.15, 0.2) is 30.6 Å². The van der Waals surface area contributed by atoms with Crippen LogP contribution < -0.4 is 4.74 Å². The lowest BCUT2D eigenvalue weighted by molar-refractivity contribution is -0.153. The second kappa shape index (κ2) is 5.00. The molecule has 0 aliphatic heterocycles. The fourth-order valence-corrected chi connectivity index (χ4v) is 2.04. The zero-order valence-corrected chi connectivity index (χ0v) is 11.0. The smallest absolute Gasteiger partial charge is 0.395 e. The molecule has 1 aliphatic rings. The van der Waals surface area contributed by atoms with Crippen molar-refractivity contribution in [3.8, 4) is 11.7 Å². The molecule has 2 heterocycles. The Hall–Kier alpha value is -2.58. The zero-order valence-electron chi connectivity index (χ0n) is 11.0. The predicted octanol–water partition coefficient (Wildman–Crippen LogP) is 2.30. The number of aromatic nitrogens is 3. The lowest BCUT2D eigenvalue weighted by Gasteiger charge is -2.06. The van der Waals surface area contributed by atoms with E-state index in [-0.39, 0.29) is 23.7 Å². The van der Waals surface area contributed by atoms with Crippen molar-refractivity contribution < 1.29 is 27.8 Å². The van der Waals surface area contributed by atoms with Gasteiger partial charge in [0.25, 0.3) is 0 Å². The van der Waals surface area contributed by atoms with Crippen molar-refractivity contribution in [2.24, 2.45) is 5.92 Å². The average molecular weight is 313 g/mol. The van der Waals surface area contributed by atoms with Crippen molar-refractivity contribution in [1.29, 1.82) is 0 Å². The quantitative estimate of drug-likeness (QED) is 0.937. The lowest BCUT2D eigenvalue weighted by atomic mass is 10.2. The summed E-state index contributed by atoms with van der Waals surface area (Å²) in [6.07, 6.45) is -2.53. The van der Waals surface area contributed by atoms with Crippen LogP contribution in [0, 0.1) is 5.92 Å². The van der Waals surface area contributed by atoms with E-state index < -0.39 is 24.2 Å². The molecule has 9 heteroatoms. The van der Waals surface area contributed by atoms with E-state index in [0.29, 0.717) is 0 Å². The largest absolute Gasteiger partial charge is 0.478 e. The number of hydrogen-bond acceptors (Lipinski definition) is 4. The maximum Gasteiger partial charge on any atom is 0.395 e. The summed E-state index contributed by atoms with van der Waals surface area (Å²) in [7, 11) is 0. The molecule has 0 saturated heterocycles. The molecule has 2 aromatic heterocycles. The molecule has 6 nitrogen and oxygen atoms in total. The highest BCUT2D eigenvalue weighted by molar-refractivity contribution is 5.90. The van der Waals surface area contributed by atoms with Crippen LogP contribution in [0.25, 0.3) is 5.82 Å². The Morgan fingerprint density at radius 1 is 1.41 bits per heavy atom. The van der Waals surface area contributed by atoms with E-state index in [1.165, 1.54) is 30.6 Å².